The molecule has 0 bridgehead atoms. The number of hydrogen-bond acceptors (Lipinski definition) is 9. The van der Waals surface area contributed by atoms with Crippen molar-refractivity contribution < 1.29 is 29.0 Å². The second-order valence-corrected chi connectivity index (χ2v) is 16.6. The molecule has 320 valence electrons. The first kappa shape index (κ1) is 45.2. The molecule has 1 saturated heterocycles. The minimum absolute atomic E-state index is 0.102. The maximum Gasteiger partial charge on any atom is 0.407 e. The fraction of sp³-hybridized carbons (Fsp3) is 0.435. The number of nitrogens with zero attached hydrogens (tertiary/aromatic N) is 5. The van der Waals surface area contributed by atoms with Gasteiger partial charge in [0.15, 0.2) is 0 Å². The number of nitrogens with one attached hydrogen (secondary N) is 3. The highest BCUT2D eigenvalue weighted by atomic mass is 16.5. The summed E-state index contributed by atoms with van der Waals surface area (Å²) in [4.78, 5) is 67.0. The normalized spacial score (nSPS) is 15.5. The predicted octanol–water partition coefficient (Wildman–Crippen LogP) is 5.50. The fourth-order valence-corrected chi connectivity index (χ4v) is 7.28. The van der Waals surface area contributed by atoms with Gasteiger partial charge in [-0.15, -0.1) is 0 Å². The molecule has 2 aromatic carbocycles. The van der Waals surface area contributed by atoms with Crippen LogP contribution in [0.15, 0.2) is 97.3 Å². The molecule has 1 aliphatic rings. The number of ether oxygens (including phenoxy) is 1. The van der Waals surface area contributed by atoms with Gasteiger partial charge in [-0.05, 0) is 59.6 Å². The lowest BCUT2D eigenvalue weighted by Crippen LogP contribution is -2.60. The molecule has 1 fully saturated rings. The first-order valence-corrected chi connectivity index (χ1v) is 20.6. The third-order valence-electron chi connectivity index (χ3n) is 10.9. The van der Waals surface area contributed by atoms with Gasteiger partial charge in [-0.3, -0.25) is 25.0 Å². The number of amides is 5. The minimum atomic E-state index is -1.21. The molecule has 5 atom stereocenters. The van der Waals surface area contributed by atoms with Crippen molar-refractivity contribution in [3.63, 3.8) is 0 Å². The number of alkyl carbamates (subject to hydrolysis) is 1. The standard InChI is InChI=1S/C46H60N8O6/c1-8-31(2)40(54-25-24-52(45(54)59)28-35-18-17-32(3)48-27-35)42(56)49-38(26-33-14-10-9-11-15-33)39(55)30-53(51-43(57)41(46(4,5)6)50-44(58)60-7)29-34-19-21-36(22-20-34)37-16-12-13-23-47-37/h9-23,27,31,38-41,55H,8,24-26,28-30H2,1-7H3,(H,49,56)(H,50,58)(H,51,57)/t31-,38-,39-,40-,41+/m0/s1. The molecule has 0 saturated carbocycles. The van der Waals surface area contributed by atoms with Gasteiger partial charge in [0.25, 0.3) is 5.91 Å². The number of hydrazine groups is 1. The molecule has 0 spiro atoms. The Kier molecular flexibility index (Phi) is 15.8. The average Bonchev–Trinajstić information content (AvgIpc) is 3.58. The Hall–Kier alpha value is -5.86. The summed E-state index contributed by atoms with van der Waals surface area (Å²) in [6.45, 7) is 12.6. The van der Waals surface area contributed by atoms with Gasteiger partial charge < -0.3 is 30.3 Å². The van der Waals surface area contributed by atoms with Crippen LogP contribution in [0.25, 0.3) is 11.3 Å². The van der Waals surface area contributed by atoms with Gasteiger partial charge in [0, 0.05) is 56.4 Å². The highest BCUT2D eigenvalue weighted by Crippen LogP contribution is 2.24. The smallest absolute Gasteiger partial charge is 0.407 e. The van der Waals surface area contributed by atoms with Crippen molar-refractivity contribution in [2.45, 2.75) is 91.7 Å². The number of aliphatic hydroxyl groups is 1. The van der Waals surface area contributed by atoms with E-state index in [1.165, 1.54) is 7.11 Å². The van der Waals surface area contributed by atoms with Crippen LogP contribution >= 0.6 is 0 Å². The molecule has 0 unspecified atom stereocenters. The van der Waals surface area contributed by atoms with E-state index in [-0.39, 0.29) is 37.4 Å². The molecule has 4 N–H and O–H groups in total. The number of urea groups is 1. The zero-order valence-corrected chi connectivity index (χ0v) is 35.8. The largest absolute Gasteiger partial charge is 0.453 e. The van der Waals surface area contributed by atoms with Gasteiger partial charge in [-0.2, -0.15) is 0 Å². The van der Waals surface area contributed by atoms with Crippen molar-refractivity contribution in [2.24, 2.45) is 11.3 Å². The summed E-state index contributed by atoms with van der Waals surface area (Å²) < 4.78 is 4.83. The van der Waals surface area contributed by atoms with Gasteiger partial charge in [0.05, 0.1) is 24.9 Å². The molecular weight excluding hydrogens is 761 g/mol. The summed E-state index contributed by atoms with van der Waals surface area (Å²) in [6, 6.07) is 24.0. The molecule has 5 amide bonds. The van der Waals surface area contributed by atoms with Gasteiger partial charge >= 0.3 is 12.1 Å². The van der Waals surface area contributed by atoms with Crippen LogP contribution in [-0.4, -0.2) is 105 Å². The van der Waals surface area contributed by atoms with Crippen LogP contribution in [0, 0.1) is 18.3 Å². The van der Waals surface area contributed by atoms with Crippen molar-refractivity contribution in [2.75, 3.05) is 26.7 Å². The molecule has 0 radical (unpaired) electrons. The topological polar surface area (TPSA) is 169 Å². The Balaban J connectivity index is 1.41. The molecule has 2 aromatic heterocycles. The lowest BCUT2D eigenvalue weighted by molar-refractivity contribution is -0.132. The Morgan fingerprint density at radius 3 is 2.20 bits per heavy atom. The highest BCUT2D eigenvalue weighted by Gasteiger charge is 2.41. The van der Waals surface area contributed by atoms with Crippen molar-refractivity contribution in [3.8, 4) is 11.3 Å². The molecule has 14 heteroatoms. The highest BCUT2D eigenvalue weighted by molar-refractivity contribution is 5.88. The number of aromatic nitrogens is 2. The minimum Gasteiger partial charge on any atom is -0.453 e. The van der Waals surface area contributed by atoms with Crippen LogP contribution in [0.5, 0.6) is 0 Å². The van der Waals surface area contributed by atoms with E-state index in [2.05, 4.69) is 26.0 Å². The summed E-state index contributed by atoms with van der Waals surface area (Å²) in [5.74, 6) is -1.07. The van der Waals surface area contributed by atoms with Crippen molar-refractivity contribution >= 4 is 23.9 Å². The van der Waals surface area contributed by atoms with E-state index >= 15 is 0 Å². The molecule has 60 heavy (non-hydrogen) atoms. The molecular formula is C46H60N8O6. The summed E-state index contributed by atoms with van der Waals surface area (Å²) in [5.41, 5.74) is 7.48. The average molecular weight is 821 g/mol. The van der Waals surface area contributed by atoms with E-state index in [0.717, 1.165) is 33.6 Å². The van der Waals surface area contributed by atoms with Crippen molar-refractivity contribution in [1.29, 1.82) is 0 Å². The molecule has 0 aliphatic carbocycles. The van der Waals surface area contributed by atoms with E-state index in [1.807, 2.05) is 126 Å². The number of carbonyl (C=O) groups is 4. The van der Waals surface area contributed by atoms with Gasteiger partial charge in [-0.25, -0.2) is 14.6 Å². The van der Waals surface area contributed by atoms with Gasteiger partial charge in [0.1, 0.15) is 12.1 Å². The number of carbonyl (C=O) groups excluding carboxylic acids is 4. The number of aryl methyl sites for hydroxylation is 1. The summed E-state index contributed by atoms with van der Waals surface area (Å²) in [5, 5.41) is 19.6. The first-order valence-electron chi connectivity index (χ1n) is 20.6. The summed E-state index contributed by atoms with van der Waals surface area (Å²) >= 11 is 0. The summed E-state index contributed by atoms with van der Waals surface area (Å²) in [6.07, 6.45) is 2.45. The van der Waals surface area contributed by atoms with E-state index in [1.54, 1.807) is 27.2 Å². The SMILES string of the molecule is CC[C@H](C)[C@@H](C(=O)N[C@@H](Cc1ccccc1)[C@@H](O)CN(Cc1ccc(-c2ccccn2)cc1)NC(=O)[C@@H](NC(=O)OC)C(C)(C)C)N1CCN(Cc2ccc(C)nc2)C1=O. The molecule has 14 nitrogen and oxygen atoms in total. The second kappa shape index (κ2) is 20.9. The lowest BCUT2D eigenvalue weighted by Gasteiger charge is -2.36. The van der Waals surface area contributed by atoms with Crippen molar-refractivity contribution in [3.05, 3.63) is 120 Å². The monoisotopic (exact) mass is 820 g/mol. The van der Waals surface area contributed by atoms with Crippen LogP contribution in [0.1, 0.15) is 63.4 Å². The Labute approximate surface area is 353 Å². The van der Waals surface area contributed by atoms with Crippen LogP contribution < -0.4 is 16.1 Å². The molecule has 3 heterocycles. The zero-order chi connectivity index (χ0) is 43.4. The maximum atomic E-state index is 14.5. The van der Waals surface area contributed by atoms with Crippen LogP contribution in [-0.2, 0) is 33.8 Å². The third kappa shape index (κ3) is 12.3. The predicted molar refractivity (Wildman–Crippen MR) is 230 cm³/mol. The zero-order valence-electron chi connectivity index (χ0n) is 35.8. The van der Waals surface area contributed by atoms with Crippen molar-refractivity contribution in [1.82, 2.24) is 40.8 Å². The van der Waals surface area contributed by atoms with Crippen LogP contribution in [0.3, 0.4) is 0 Å². The van der Waals surface area contributed by atoms with Gasteiger partial charge in [-0.1, -0.05) is 108 Å². The molecule has 1 aliphatic heterocycles. The van der Waals surface area contributed by atoms with Crippen LogP contribution in [0.4, 0.5) is 9.59 Å². The quantitative estimate of drug-likeness (QED) is 0.0948. The maximum absolute atomic E-state index is 14.5. The number of methoxy groups -OCH3 is 1. The number of rotatable bonds is 18. The number of hydrogen-bond donors (Lipinski definition) is 4. The number of pyridine rings is 2. The van der Waals surface area contributed by atoms with Crippen LogP contribution in [0.2, 0.25) is 0 Å². The lowest BCUT2D eigenvalue weighted by atomic mass is 9.86. The Morgan fingerprint density at radius 2 is 1.58 bits per heavy atom. The Morgan fingerprint density at radius 1 is 0.883 bits per heavy atom. The third-order valence-corrected chi connectivity index (χ3v) is 10.9. The summed E-state index contributed by atoms with van der Waals surface area (Å²) in [7, 11) is 1.23. The first-order chi connectivity index (χ1) is 28.7. The van der Waals surface area contributed by atoms with E-state index < -0.39 is 41.6 Å². The fourth-order valence-electron chi connectivity index (χ4n) is 7.28. The molecule has 5 rings (SSSR count). The molecule has 4 aromatic rings. The second-order valence-electron chi connectivity index (χ2n) is 16.6. The van der Waals surface area contributed by atoms with E-state index in [9.17, 15) is 24.3 Å². The number of aliphatic hydroxyl groups excluding tert-OH is 1. The van der Waals surface area contributed by atoms with E-state index in [0.29, 0.717) is 26.1 Å². The van der Waals surface area contributed by atoms with Gasteiger partial charge in [0.2, 0.25) is 5.91 Å². The van der Waals surface area contributed by atoms with E-state index in [4.69, 9.17) is 4.74 Å². The number of benzene rings is 2. The Bertz CT molecular complexity index is 2010.